The van der Waals surface area contributed by atoms with Gasteiger partial charge in [0.05, 0.1) is 42.6 Å². The normalized spacial score (nSPS) is 16.9. The van der Waals surface area contributed by atoms with Gasteiger partial charge in [-0.25, -0.2) is 18.1 Å². The molecule has 2 unspecified atom stereocenters. The number of amides is 4. The van der Waals surface area contributed by atoms with E-state index >= 15 is 0 Å². The smallest absolute Gasteiger partial charge is 0.254 e. The van der Waals surface area contributed by atoms with Crippen LogP contribution in [0.25, 0.3) is 0 Å². The van der Waals surface area contributed by atoms with Crippen molar-refractivity contribution in [3.05, 3.63) is 174 Å². The van der Waals surface area contributed by atoms with Crippen LogP contribution in [0.2, 0.25) is 20.1 Å². The summed E-state index contributed by atoms with van der Waals surface area (Å²) in [4.78, 5) is 64.2. The zero-order valence-corrected chi connectivity index (χ0v) is 49.9. The molecule has 0 spiro atoms. The summed E-state index contributed by atoms with van der Waals surface area (Å²) < 4.78 is 30.3. The topological polar surface area (TPSA) is 139 Å². The predicted octanol–water partition coefficient (Wildman–Crippen LogP) is 10.3. The third kappa shape index (κ3) is 13.3. The number of alkyl halides is 1. The standard InChI is InChI=1S/C29H31Cl2FN6O2.C25H24Cl2FN5O.C4H8ClNO/c1-18-16-24-37(17-25(39)34(3)4)19(2)26(28(38(24)33-18)22-6-5-7-23(30)27(22)31)29(40)36-14-12-35(13-15-36)21-10-8-20(32)9-11-21;1-15-14-21-29-16(2)22(24(33(21)30-15)19-4-3-5-20(26)23(19)27)25(34)32-12-10-31(11-13-32)18-8-6-17(28)7-9-18;1-6(2)4(7)3-5/h5-11,16,28H,12-15,17H2,1-4H3;3-9,14,24,29H,10-13H2,1-2H3;3H2,1-2H3. The summed E-state index contributed by atoms with van der Waals surface area (Å²) >= 11 is 31.3. The molecular weight excluding hydrogens is 1140 g/mol. The summed E-state index contributed by atoms with van der Waals surface area (Å²) in [5.41, 5.74) is 7.33. The molecule has 0 radical (unpaired) electrons. The minimum atomic E-state index is -0.636. The average molecular weight is 1210 g/mol. The molecular formula is C58H63Cl5F2N12O4. The zero-order chi connectivity index (χ0) is 58.6. The lowest BCUT2D eigenvalue weighted by Gasteiger charge is -2.41. The molecule has 1 N–H and O–H groups in total. The number of piperazine rings is 2. The van der Waals surface area contributed by atoms with Crippen molar-refractivity contribution in [2.75, 3.05) is 113 Å². The number of allylic oxidation sites excluding steroid dienone is 2. The Morgan fingerprint density at radius 2 is 1.01 bits per heavy atom. The molecule has 0 aliphatic carbocycles. The van der Waals surface area contributed by atoms with Crippen LogP contribution in [-0.2, 0) is 19.2 Å². The predicted molar refractivity (Wildman–Crippen MR) is 318 cm³/mol. The van der Waals surface area contributed by atoms with E-state index in [9.17, 15) is 28.0 Å². The third-order valence-electron chi connectivity index (χ3n) is 14.5. The molecule has 4 amide bonds. The Morgan fingerprint density at radius 3 is 1.46 bits per heavy atom. The van der Waals surface area contributed by atoms with Crippen LogP contribution in [0.4, 0.5) is 31.8 Å². The molecule has 23 heteroatoms. The number of nitrogens with zero attached hydrogens (tertiary/aromatic N) is 11. The monoisotopic (exact) mass is 1200 g/mol. The fourth-order valence-electron chi connectivity index (χ4n) is 10.1. The van der Waals surface area contributed by atoms with E-state index in [1.54, 1.807) is 75.3 Å². The van der Waals surface area contributed by atoms with E-state index in [1.807, 2.05) is 77.4 Å². The number of rotatable bonds is 9. The van der Waals surface area contributed by atoms with Crippen molar-refractivity contribution < 1.29 is 28.0 Å². The van der Waals surface area contributed by atoms with Gasteiger partial charge in [0.2, 0.25) is 11.8 Å². The van der Waals surface area contributed by atoms with Crippen LogP contribution < -0.4 is 20.0 Å². The summed E-state index contributed by atoms with van der Waals surface area (Å²) in [5, 5.41) is 14.3. The number of aryl methyl sites for hydroxylation is 2. The molecule has 0 saturated carbocycles. The van der Waals surface area contributed by atoms with Crippen LogP contribution in [0.15, 0.2) is 120 Å². The highest BCUT2D eigenvalue weighted by atomic mass is 35.5. The second-order valence-electron chi connectivity index (χ2n) is 20.3. The van der Waals surface area contributed by atoms with Gasteiger partial charge in [0, 0.05) is 127 Å². The van der Waals surface area contributed by atoms with Crippen LogP contribution >= 0.6 is 58.0 Å². The highest BCUT2D eigenvalue weighted by molar-refractivity contribution is 6.43. The minimum Gasteiger partial charge on any atom is -0.368 e. The van der Waals surface area contributed by atoms with Gasteiger partial charge in [0.15, 0.2) is 0 Å². The molecule has 6 aromatic rings. The first-order valence-electron chi connectivity index (χ1n) is 26.1. The van der Waals surface area contributed by atoms with Gasteiger partial charge in [-0.15, -0.1) is 11.6 Å². The highest BCUT2D eigenvalue weighted by Crippen LogP contribution is 2.45. The third-order valence-corrected chi connectivity index (χ3v) is 16.4. The highest BCUT2D eigenvalue weighted by Gasteiger charge is 2.41. The summed E-state index contributed by atoms with van der Waals surface area (Å²) in [6.45, 7) is 12.2. The number of aromatic nitrogens is 4. The number of hydrogen-bond acceptors (Lipinski definition) is 10. The lowest BCUT2D eigenvalue weighted by molar-refractivity contribution is -0.129. The SMILES string of the molecule is CC1=C(C(=O)N2CCN(c3ccc(F)cc3)CC2)C(c2cccc(Cl)c2Cl)n2nc(C)cc2N1.CC1=C(C(=O)N2CCN(c3ccc(F)cc3)CC2)C(c2cccc(Cl)c2Cl)n2nc(C)cc2N1CC(=O)N(C)C.CN(C)C(=O)CCl. The second kappa shape index (κ2) is 26.0. The van der Waals surface area contributed by atoms with Crippen LogP contribution in [-0.4, -0.2) is 156 Å². The molecule has 4 aromatic carbocycles. The molecule has 6 heterocycles. The van der Waals surface area contributed by atoms with Crippen molar-refractivity contribution in [1.82, 2.24) is 39.2 Å². The van der Waals surface area contributed by atoms with Gasteiger partial charge in [-0.1, -0.05) is 70.7 Å². The minimum absolute atomic E-state index is 0.0507. The van der Waals surface area contributed by atoms with Gasteiger partial charge in [-0.05, 0) is 88.4 Å². The molecule has 2 fully saturated rings. The van der Waals surface area contributed by atoms with E-state index in [0.29, 0.717) is 101 Å². The first-order chi connectivity index (χ1) is 38.6. The van der Waals surface area contributed by atoms with Crippen molar-refractivity contribution in [2.24, 2.45) is 0 Å². The van der Waals surface area contributed by atoms with Crippen LogP contribution in [0.3, 0.4) is 0 Å². The Balaban J connectivity index is 0.000000192. The Morgan fingerprint density at radius 1 is 0.580 bits per heavy atom. The fraction of sp³-hybridized carbons (Fsp3) is 0.345. The first-order valence-corrected chi connectivity index (χ1v) is 28.1. The van der Waals surface area contributed by atoms with Crippen molar-refractivity contribution in [3.8, 4) is 0 Å². The summed E-state index contributed by atoms with van der Waals surface area (Å²) in [6.07, 6.45) is 0. The number of anilines is 4. The molecule has 2 aromatic heterocycles. The maximum atomic E-state index is 14.4. The number of halogens is 7. The lowest BCUT2D eigenvalue weighted by Crippen LogP contribution is -2.51. The summed E-state index contributed by atoms with van der Waals surface area (Å²) in [5.74, 6) is 0.648. The lowest BCUT2D eigenvalue weighted by atomic mass is 9.93. The van der Waals surface area contributed by atoms with Gasteiger partial charge in [-0.3, -0.25) is 19.2 Å². The Labute approximate surface area is 495 Å². The Kier molecular flexibility index (Phi) is 19.3. The average Bonchev–Trinajstić information content (AvgIpc) is 4.09. The molecule has 2 atom stereocenters. The number of carbonyl (C=O) groups is 4. The molecule has 0 bridgehead atoms. The second-order valence-corrected chi connectivity index (χ2v) is 22.1. The number of carbonyl (C=O) groups excluding carboxylic acids is 4. The van der Waals surface area contributed by atoms with Crippen molar-refractivity contribution >= 4 is 105 Å². The number of hydrogen-bond donors (Lipinski definition) is 1. The van der Waals surface area contributed by atoms with E-state index < -0.39 is 12.1 Å². The quantitative estimate of drug-likeness (QED) is 0.139. The molecule has 428 valence electrons. The van der Waals surface area contributed by atoms with Crippen LogP contribution in [0.1, 0.15) is 48.4 Å². The maximum absolute atomic E-state index is 14.4. The number of fused-ring (bicyclic) bond motifs is 2. The summed E-state index contributed by atoms with van der Waals surface area (Å²) in [6, 6.07) is 26.4. The van der Waals surface area contributed by atoms with Crippen molar-refractivity contribution in [3.63, 3.8) is 0 Å². The van der Waals surface area contributed by atoms with E-state index in [0.717, 1.165) is 39.8 Å². The van der Waals surface area contributed by atoms with Gasteiger partial charge >= 0.3 is 0 Å². The molecule has 2 saturated heterocycles. The van der Waals surface area contributed by atoms with Gasteiger partial charge < -0.3 is 39.6 Å². The largest absolute Gasteiger partial charge is 0.368 e. The Bertz CT molecular complexity index is 3370. The van der Waals surface area contributed by atoms with Crippen LogP contribution in [0.5, 0.6) is 0 Å². The van der Waals surface area contributed by atoms with Crippen LogP contribution in [0, 0.1) is 25.5 Å². The maximum Gasteiger partial charge on any atom is 0.254 e. The molecule has 16 nitrogen and oxygen atoms in total. The van der Waals surface area contributed by atoms with E-state index in [2.05, 4.69) is 20.2 Å². The first kappa shape index (κ1) is 60.3. The van der Waals surface area contributed by atoms with Crippen molar-refractivity contribution in [2.45, 2.75) is 39.8 Å². The number of likely N-dealkylation sites (N-methyl/N-ethyl adjacent to an activating group) is 1. The summed E-state index contributed by atoms with van der Waals surface area (Å²) in [7, 11) is 6.75. The van der Waals surface area contributed by atoms with Gasteiger partial charge in [0.1, 0.15) is 47.8 Å². The van der Waals surface area contributed by atoms with Gasteiger partial charge in [-0.2, -0.15) is 10.2 Å². The Hall–Kier alpha value is -6.83. The van der Waals surface area contributed by atoms with Gasteiger partial charge in [0.25, 0.3) is 11.8 Å². The van der Waals surface area contributed by atoms with E-state index in [-0.39, 0.29) is 47.7 Å². The zero-order valence-electron chi connectivity index (χ0n) is 46.2. The molecule has 4 aliphatic rings. The number of benzene rings is 4. The fourth-order valence-corrected chi connectivity index (χ4v) is 11.1. The molecule has 81 heavy (non-hydrogen) atoms. The van der Waals surface area contributed by atoms with Crippen molar-refractivity contribution in [1.29, 1.82) is 0 Å². The molecule has 4 aliphatic heterocycles. The molecule has 10 rings (SSSR count). The number of nitrogens with one attached hydrogen (secondary N) is 1. The van der Waals surface area contributed by atoms with E-state index in [1.165, 1.54) is 34.1 Å². The van der Waals surface area contributed by atoms with E-state index in [4.69, 9.17) is 63.1 Å².